The predicted octanol–water partition coefficient (Wildman–Crippen LogP) is 0.629. The molecule has 0 aromatic carbocycles. The molecule has 0 aromatic rings. The Hall–Kier alpha value is 1.60. The summed E-state index contributed by atoms with van der Waals surface area (Å²) in [6.45, 7) is 0. The van der Waals surface area contributed by atoms with Crippen molar-refractivity contribution in [2.24, 2.45) is 5.73 Å². The first kappa shape index (κ1) is 9.60. The van der Waals surface area contributed by atoms with E-state index in [1.165, 1.54) is 32.1 Å². The molecule has 44 valence electrons. The third-order valence-corrected chi connectivity index (χ3v) is 1.65. The van der Waals surface area contributed by atoms with Crippen LogP contribution in [0.3, 0.4) is 0 Å². The molecule has 0 bridgehead atoms. The molecule has 2 heteroatoms. The van der Waals surface area contributed by atoms with Crippen LogP contribution in [0.2, 0.25) is 0 Å². The molecular formula is C6H14KN. The van der Waals surface area contributed by atoms with Gasteiger partial charge in [-0.05, 0) is 12.8 Å². The third-order valence-electron chi connectivity index (χ3n) is 1.65. The van der Waals surface area contributed by atoms with Crippen LogP contribution in [0.1, 0.15) is 32.1 Å². The molecule has 0 spiro atoms. The molecule has 0 unspecified atom stereocenters. The Morgan fingerprint density at radius 3 is 1.75 bits per heavy atom. The van der Waals surface area contributed by atoms with E-state index >= 15 is 0 Å². The van der Waals surface area contributed by atoms with E-state index in [1.807, 2.05) is 0 Å². The van der Waals surface area contributed by atoms with Gasteiger partial charge in [0.25, 0.3) is 0 Å². The minimum absolute atomic E-state index is 0. The molecule has 0 saturated heterocycles. The molecule has 0 radical (unpaired) electrons. The van der Waals surface area contributed by atoms with Crippen LogP contribution in [-0.4, -0.2) is 57.4 Å². The van der Waals surface area contributed by atoms with Gasteiger partial charge >= 0.3 is 51.4 Å². The van der Waals surface area contributed by atoms with Gasteiger partial charge in [0.15, 0.2) is 0 Å². The zero-order chi connectivity index (χ0) is 5.11. The minimum atomic E-state index is 0. The second-order valence-corrected chi connectivity index (χ2v) is 2.40. The topological polar surface area (TPSA) is 26.0 Å². The number of hydrogen-bond acceptors (Lipinski definition) is 1. The van der Waals surface area contributed by atoms with E-state index in [4.69, 9.17) is 5.73 Å². The van der Waals surface area contributed by atoms with Gasteiger partial charge in [-0.1, -0.05) is 19.3 Å². The molecule has 0 amide bonds. The summed E-state index contributed by atoms with van der Waals surface area (Å²) in [7, 11) is 0. The fourth-order valence-corrected chi connectivity index (χ4v) is 1.13. The van der Waals surface area contributed by atoms with Crippen molar-refractivity contribution in [1.29, 1.82) is 0 Å². The second kappa shape index (κ2) is 5.39. The van der Waals surface area contributed by atoms with Crippen LogP contribution >= 0.6 is 0 Å². The molecule has 0 atom stereocenters. The first-order valence-electron chi connectivity index (χ1n) is 3.15. The van der Waals surface area contributed by atoms with Crippen molar-refractivity contribution < 1.29 is 0 Å². The van der Waals surface area contributed by atoms with E-state index in [0.29, 0.717) is 6.04 Å². The third kappa shape index (κ3) is 3.59. The van der Waals surface area contributed by atoms with E-state index in [2.05, 4.69) is 0 Å². The van der Waals surface area contributed by atoms with Crippen molar-refractivity contribution in [1.82, 2.24) is 0 Å². The van der Waals surface area contributed by atoms with Crippen molar-refractivity contribution in [2.45, 2.75) is 38.1 Å². The molecule has 1 saturated carbocycles. The SMILES string of the molecule is NC1CCCCC1.[KH]. The Labute approximate surface area is 93.8 Å². The molecule has 1 aliphatic rings. The summed E-state index contributed by atoms with van der Waals surface area (Å²) in [5, 5.41) is 0. The summed E-state index contributed by atoms with van der Waals surface area (Å²) < 4.78 is 0. The van der Waals surface area contributed by atoms with Crippen LogP contribution in [0.4, 0.5) is 0 Å². The van der Waals surface area contributed by atoms with E-state index in [-0.39, 0.29) is 51.4 Å². The van der Waals surface area contributed by atoms with Gasteiger partial charge in [0.05, 0.1) is 0 Å². The zero-order valence-corrected chi connectivity index (χ0v) is 4.69. The number of rotatable bonds is 0. The Kier molecular flexibility index (Phi) is 6.46. The summed E-state index contributed by atoms with van der Waals surface area (Å²) in [5.41, 5.74) is 5.63. The van der Waals surface area contributed by atoms with Crippen molar-refractivity contribution in [3.63, 3.8) is 0 Å². The van der Waals surface area contributed by atoms with Crippen molar-refractivity contribution >= 4 is 51.4 Å². The number of hydrogen-bond donors (Lipinski definition) is 1. The first-order valence-corrected chi connectivity index (χ1v) is 3.15. The summed E-state index contributed by atoms with van der Waals surface area (Å²) >= 11 is 0. The molecule has 1 aliphatic carbocycles. The Balaban J connectivity index is 0.000000490. The summed E-state index contributed by atoms with van der Waals surface area (Å²) in [5.74, 6) is 0. The Morgan fingerprint density at radius 2 is 1.50 bits per heavy atom. The molecular weight excluding hydrogens is 125 g/mol. The van der Waals surface area contributed by atoms with Gasteiger partial charge in [0.1, 0.15) is 0 Å². The van der Waals surface area contributed by atoms with Gasteiger partial charge in [-0.3, -0.25) is 0 Å². The predicted molar refractivity (Wildman–Crippen MR) is 38.2 cm³/mol. The fourth-order valence-electron chi connectivity index (χ4n) is 1.13. The van der Waals surface area contributed by atoms with Gasteiger partial charge < -0.3 is 5.73 Å². The maximum absolute atomic E-state index is 5.63. The zero-order valence-electron chi connectivity index (χ0n) is 4.69. The van der Waals surface area contributed by atoms with Gasteiger partial charge in [-0.25, -0.2) is 0 Å². The molecule has 1 rings (SSSR count). The standard InChI is InChI=1S/C6H13N.K.H/c7-6-4-2-1-3-5-6;;/h6H,1-5,7H2;;. The molecule has 2 N–H and O–H groups in total. The summed E-state index contributed by atoms with van der Waals surface area (Å²) in [6, 6.07) is 0.536. The van der Waals surface area contributed by atoms with Gasteiger partial charge in [0.2, 0.25) is 0 Å². The maximum atomic E-state index is 5.63. The van der Waals surface area contributed by atoms with Crippen LogP contribution < -0.4 is 5.73 Å². The van der Waals surface area contributed by atoms with E-state index < -0.39 is 0 Å². The van der Waals surface area contributed by atoms with Crippen molar-refractivity contribution in [3.8, 4) is 0 Å². The van der Waals surface area contributed by atoms with Gasteiger partial charge in [0, 0.05) is 6.04 Å². The van der Waals surface area contributed by atoms with Crippen LogP contribution in [0.25, 0.3) is 0 Å². The van der Waals surface area contributed by atoms with Crippen LogP contribution in [-0.2, 0) is 0 Å². The second-order valence-electron chi connectivity index (χ2n) is 2.40. The number of nitrogens with two attached hydrogens (primary N) is 1. The summed E-state index contributed by atoms with van der Waals surface area (Å²) in [4.78, 5) is 0. The average Bonchev–Trinajstić information content (AvgIpc) is 1.69. The normalized spacial score (nSPS) is 22.1. The van der Waals surface area contributed by atoms with Crippen LogP contribution in [0, 0.1) is 0 Å². The van der Waals surface area contributed by atoms with Gasteiger partial charge in [-0.15, -0.1) is 0 Å². The molecule has 1 nitrogen and oxygen atoms in total. The van der Waals surface area contributed by atoms with E-state index in [0.717, 1.165) is 0 Å². The van der Waals surface area contributed by atoms with E-state index in [1.54, 1.807) is 0 Å². The molecule has 0 heterocycles. The summed E-state index contributed by atoms with van der Waals surface area (Å²) in [6.07, 6.45) is 6.66. The van der Waals surface area contributed by atoms with E-state index in [9.17, 15) is 0 Å². The molecule has 0 aromatic heterocycles. The molecule has 0 aliphatic heterocycles. The Morgan fingerprint density at radius 1 is 1.00 bits per heavy atom. The molecule has 8 heavy (non-hydrogen) atoms. The monoisotopic (exact) mass is 139 g/mol. The molecule has 1 fully saturated rings. The van der Waals surface area contributed by atoms with Crippen LogP contribution in [0.15, 0.2) is 0 Å². The quantitative estimate of drug-likeness (QED) is 0.489. The average molecular weight is 139 g/mol. The first-order chi connectivity index (χ1) is 3.39. The van der Waals surface area contributed by atoms with Crippen molar-refractivity contribution in [2.75, 3.05) is 0 Å². The fraction of sp³-hybridized carbons (Fsp3) is 1.00. The van der Waals surface area contributed by atoms with Crippen molar-refractivity contribution in [3.05, 3.63) is 0 Å². The Bertz CT molecular complexity index is 50.5. The van der Waals surface area contributed by atoms with Crippen LogP contribution in [0.5, 0.6) is 0 Å². The van der Waals surface area contributed by atoms with Gasteiger partial charge in [-0.2, -0.15) is 0 Å².